The fourth-order valence-corrected chi connectivity index (χ4v) is 2.01. The molecule has 1 amide bonds. The lowest BCUT2D eigenvalue weighted by Gasteiger charge is -2.24. The van der Waals surface area contributed by atoms with Gasteiger partial charge in [0.15, 0.2) is 0 Å². The van der Waals surface area contributed by atoms with Crippen LogP contribution in [0.25, 0.3) is 0 Å². The lowest BCUT2D eigenvalue weighted by Crippen LogP contribution is -2.37. The molecule has 4 heteroatoms. The minimum Gasteiger partial charge on any atom is -0.445 e. The van der Waals surface area contributed by atoms with Gasteiger partial charge >= 0.3 is 6.09 Å². The van der Waals surface area contributed by atoms with Gasteiger partial charge in [-0.25, -0.2) is 4.79 Å². The lowest BCUT2D eigenvalue weighted by atomic mass is 10.2. The molecule has 0 fully saturated rings. The Bertz CT molecular complexity index is 635. The van der Waals surface area contributed by atoms with E-state index in [0.29, 0.717) is 6.54 Å². The predicted octanol–water partition coefficient (Wildman–Crippen LogP) is 3.74. The van der Waals surface area contributed by atoms with Crippen LogP contribution in [0.3, 0.4) is 0 Å². The van der Waals surface area contributed by atoms with Crippen molar-refractivity contribution < 1.29 is 9.53 Å². The van der Waals surface area contributed by atoms with Gasteiger partial charge in [-0.15, -0.1) is 0 Å². The van der Waals surface area contributed by atoms with Crippen LogP contribution >= 0.6 is 0 Å². The van der Waals surface area contributed by atoms with Crippen molar-refractivity contribution >= 4 is 6.09 Å². The Morgan fingerprint density at radius 2 is 1.64 bits per heavy atom. The molecule has 1 atom stereocenters. The Labute approximate surface area is 130 Å². The fraction of sp³-hybridized carbons (Fsp3) is 0.222. The monoisotopic (exact) mass is 294 g/mol. The third kappa shape index (κ3) is 4.35. The summed E-state index contributed by atoms with van der Waals surface area (Å²) in [7, 11) is 0. The van der Waals surface area contributed by atoms with Crippen molar-refractivity contribution in [1.29, 1.82) is 5.26 Å². The number of benzene rings is 2. The third-order valence-electron chi connectivity index (χ3n) is 3.29. The SMILES string of the molecule is C[C@@H](C#N)N(Cc1ccccc1)C(=O)OCc1ccccc1. The molecule has 22 heavy (non-hydrogen) atoms. The summed E-state index contributed by atoms with van der Waals surface area (Å²) < 4.78 is 5.32. The van der Waals surface area contributed by atoms with Crippen LogP contribution in [0.5, 0.6) is 0 Å². The van der Waals surface area contributed by atoms with Crippen LogP contribution in [0.2, 0.25) is 0 Å². The summed E-state index contributed by atoms with van der Waals surface area (Å²) in [4.78, 5) is 13.7. The highest BCUT2D eigenvalue weighted by molar-refractivity contribution is 5.68. The van der Waals surface area contributed by atoms with E-state index in [9.17, 15) is 4.79 Å². The second kappa shape index (κ2) is 7.84. The smallest absolute Gasteiger partial charge is 0.411 e. The zero-order valence-electron chi connectivity index (χ0n) is 12.5. The first kappa shape index (κ1) is 15.6. The van der Waals surface area contributed by atoms with Crippen molar-refractivity contribution in [3.05, 3.63) is 71.8 Å². The quantitative estimate of drug-likeness (QED) is 0.844. The Morgan fingerprint density at radius 3 is 2.18 bits per heavy atom. The average molecular weight is 294 g/mol. The van der Waals surface area contributed by atoms with Crippen molar-refractivity contribution in [2.45, 2.75) is 26.1 Å². The first-order valence-electron chi connectivity index (χ1n) is 7.11. The number of nitriles is 1. The lowest BCUT2D eigenvalue weighted by molar-refractivity contribution is 0.0877. The maximum absolute atomic E-state index is 12.3. The number of carbonyl (C=O) groups is 1. The molecule has 0 radical (unpaired) electrons. The Hall–Kier alpha value is -2.80. The summed E-state index contributed by atoms with van der Waals surface area (Å²) >= 11 is 0. The molecule has 112 valence electrons. The van der Waals surface area contributed by atoms with E-state index in [1.54, 1.807) is 6.92 Å². The van der Waals surface area contributed by atoms with Gasteiger partial charge in [0.2, 0.25) is 0 Å². The molecule has 2 aromatic rings. The summed E-state index contributed by atoms with van der Waals surface area (Å²) in [5, 5.41) is 9.12. The predicted molar refractivity (Wildman–Crippen MR) is 83.7 cm³/mol. The van der Waals surface area contributed by atoms with E-state index in [2.05, 4.69) is 6.07 Å². The van der Waals surface area contributed by atoms with Gasteiger partial charge in [0.1, 0.15) is 12.6 Å². The van der Waals surface area contributed by atoms with Crippen molar-refractivity contribution in [2.75, 3.05) is 0 Å². The molecule has 0 aromatic heterocycles. The maximum atomic E-state index is 12.3. The van der Waals surface area contributed by atoms with Crippen LogP contribution in [0.4, 0.5) is 4.79 Å². The summed E-state index contributed by atoms with van der Waals surface area (Å²) in [6, 6.07) is 20.6. The number of rotatable bonds is 5. The Morgan fingerprint density at radius 1 is 1.09 bits per heavy atom. The normalized spacial score (nSPS) is 11.3. The topological polar surface area (TPSA) is 53.3 Å². The molecule has 0 aliphatic heterocycles. The minimum atomic E-state index is -0.552. The van der Waals surface area contributed by atoms with Gasteiger partial charge in [-0.2, -0.15) is 5.26 Å². The van der Waals surface area contributed by atoms with Crippen molar-refractivity contribution in [2.24, 2.45) is 0 Å². The maximum Gasteiger partial charge on any atom is 0.411 e. The number of carbonyl (C=O) groups excluding carboxylic acids is 1. The minimum absolute atomic E-state index is 0.198. The van der Waals surface area contributed by atoms with Crippen LogP contribution in [-0.4, -0.2) is 17.0 Å². The summed E-state index contributed by atoms with van der Waals surface area (Å²) in [5.74, 6) is 0. The number of nitrogens with zero attached hydrogens (tertiary/aromatic N) is 2. The Balaban J connectivity index is 2.02. The van der Waals surface area contributed by atoms with Gasteiger partial charge in [-0.05, 0) is 18.1 Å². The van der Waals surface area contributed by atoms with E-state index in [-0.39, 0.29) is 6.61 Å². The fourth-order valence-electron chi connectivity index (χ4n) is 2.01. The molecule has 0 unspecified atom stereocenters. The second-order valence-electron chi connectivity index (χ2n) is 4.96. The van der Waals surface area contributed by atoms with Crippen LogP contribution in [0.15, 0.2) is 60.7 Å². The molecule has 0 saturated heterocycles. The molecular formula is C18H18N2O2. The van der Waals surface area contributed by atoms with E-state index in [4.69, 9.17) is 10.00 Å². The van der Waals surface area contributed by atoms with Gasteiger partial charge in [0.05, 0.1) is 12.6 Å². The van der Waals surface area contributed by atoms with Gasteiger partial charge in [-0.3, -0.25) is 4.90 Å². The van der Waals surface area contributed by atoms with Gasteiger partial charge in [0.25, 0.3) is 0 Å². The molecule has 4 nitrogen and oxygen atoms in total. The Kier molecular flexibility index (Phi) is 5.56. The average Bonchev–Trinajstić information content (AvgIpc) is 2.58. The molecule has 0 N–H and O–H groups in total. The molecule has 2 rings (SSSR count). The molecule has 0 spiro atoms. The van der Waals surface area contributed by atoms with Gasteiger partial charge in [-0.1, -0.05) is 60.7 Å². The highest BCUT2D eigenvalue weighted by atomic mass is 16.6. The van der Waals surface area contributed by atoms with E-state index < -0.39 is 12.1 Å². The highest BCUT2D eigenvalue weighted by Gasteiger charge is 2.21. The van der Waals surface area contributed by atoms with Crippen molar-refractivity contribution in [1.82, 2.24) is 4.90 Å². The molecular weight excluding hydrogens is 276 g/mol. The molecule has 0 aliphatic carbocycles. The molecule has 0 heterocycles. The number of ether oxygens (including phenoxy) is 1. The summed E-state index contributed by atoms with van der Waals surface area (Å²) in [6.45, 7) is 2.24. The first-order valence-corrected chi connectivity index (χ1v) is 7.11. The van der Waals surface area contributed by atoms with Crippen LogP contribution < -0.4 is 0 Å². The van der Waals surface area contributed by atoms with Gasteiger partial charge in [0, 0.05) is 0 Å². The van der Waals surface area contributed by atoms with Crippen LogP contribution in [-0.2, 0) is 17.9 Å². The summed E-state index contributed by atoms with van der Waals surface area (Å²) in [5.41, 5.74) is 1.88. The second-order valence-corrected chi connectivity index (χ2v) is 4.96. The molecule has 0 bridgehead atoms. The van der Waals surface area contributed by atoms with E-state index in [0.717, 1.165) is 11.1 Å². The number of hydrogen-bond donors (Lipinski definition) is 0. The number of hydrogen-bond acceptors (Lipinski definition) is 3. The third-order valence-corrected chi connectivity index (χ3v) is 3.29. The molecule has 2 aromatic carbocycles. The van der Waals surface area contributed by atoms with Crippen molar-refractivity contribution in [3.8, 4) is 6.07 Å². The van der Waals surface area contributed by atoms with Crippen LogP contribution in [0, 0.1) is 11.3 Å². The van der Waals surface area contributed by atoms with E-state index in [1.807, 2.05) is 60.7 Å². The summed E-state index contributed by atoms with van der Waals surface area (Å²) in [6.07, 6.45) is -0.484. The molecule has 0 aliphatic rings. The standard InChI is InChI=1S/C18H18N2O2/c1-15(12-19)20(13-16-8-4-2-5-9-16)18(21)22-14-17-10-6-3-7-11-17/h2-11,15H,13-14H2,1H3/t15-/m0/s1. The largest absolute Gasteiger partial charge is 0.445 e. The molecule has 0 saturated carbocycles. The first-order chi connectivity index (χ1) is 10.7. The van der Waals surface area contributed by atoms with Crippen molar-refractivity contribution in [3.63, 3.8) is 0 Å². The zero-order chi connectivity index (χ0) is 15.8. The van der Waals surface area contributed by atoms with E-state index >= 15 is 0 Å². The zero-order valence-corrected chi connectivity index (χ0v) is 12.5. The highest BCUT2D eigenvalue weighted by Crippen LogP contribution is 2.11. The number of amides is 1. The van der Waals surface area contributed by atoms with Gasteiger partial charge < -0.3 is 4.74 Å². The van der Waals surface area contributed by atoms with Crippen LogP contribution in [0.1, 0.15) is 18.1 Å². The van der Waals surface area contributed by atoms with E-state index in [1.165, 1.54) is 4.90 Å².